The molecule has 1 fully saturated rings. The van der Waals surface area contributed by atoms with Crippen LogP contribution in [0.3, 0.4) is 0 Å². The van der Waals surface area contributed by atoms with Crippen molar-refractivity contribution >= 4 is 17.6 Å². The summed E-state index contributed by atoms with van der Waals surface area (Å²) in [4.78, 5) is 25.2. The Morgan fingerprint density at radius 2 is 2.05 bits per heavy atom. The summed E-state index contributed by atoms with van der Waals surface area (Å²) in [5, 5.41) is 9.86. The summed E-state index contributed by atoms with van der Waals surface area (Å²) in [5.74, 6) is 0.970. The number of nitrogens with one attached hydrogen (secondary N) is 2. The number of hydrogen-bond acceptors (Lipinski definition) is 3. The Morgan fingerprint density at radius 1 is 1.40 bits per heavy atom. The van der Waals surface area contributed by atoms with Gasteiger partial charge in [-0.2, -0.15) is 5.10 Å². The van der Waals surface area contributed by atoms with Crippen LogP contribution in [0.25, 0.3) is 0 Å². The first-order valence-corrected chi connectivity index (χ1v) is 7.09. The third-order valence-electron chi connectivity index (χ3n) is 3.78. The minimum absolute atomic E-state index is 0.00462. The summed E-state index contributed by atoms with van der Waals surface area (Å²) in [7, 11) is 0. The molecule has 0 aromatic carbocycles. The average molecular weight is 278 g/mol. The second-order valence-electron chi connectivity index (χ2n) is 5.63. The zero-order valence-corrected chi connectivity index (χ0v) is 12.3. The van der Waals surface area contributed by atoms with Crippen LogP contribution in [0.15, 0.2) is 6.07 Å². The molecule has 1 aromatic rings. The van der Waals surface area contributed by atoms with Gasteiger partial charge in [-0.3, -0.25) is 14.7 Å². The van der Waals surface area contributed by atoms with Crippen LogP contribution in [0, 0.1) is 5.92 Å². The topological polar surface area (TPSA) is 78.1 Å². The van der Waals surface area contributed by atoms with Crippen LogP contribution >= 0.6 is 0 Å². The number of H-pyrrole nitrogens is 1. The molecule has 1 saturated heterocycles. The van der Waals surface area contributed by atoms with E-state index in [0.717, 1.165) is 5.69 Å². The fraction of sp³-hybridized carbons (Fsp3) is 0.643. The van der Waals surface area contributed by atoms with Crippen molar-refractivity contribution in [3.8, 4) is 0 Å². The molecule has 20 heavy (non-hydrogen) atoms. The molecule has 0 radical (unpaired) electrons. The number of hydrogen-bond donors (Lipinski definition) is 2. The zero-order valence-electron chi connectivity index (χ0n) is 12.3. The van der Waals surface area contributed by atoms with Crippen LogP contribution in [-0.4, -0.2) is 40.0 Å². The maximum Gasteiger partial charge on any atom is 0.228 e. The fourth-order valence-corrected chi connectivity index (χ4v) is 2.38. The number of carbonyl (C=O) groups is 2. The van der Waals surface area contributed by atoms with Crippen LogP contribution in [0.1, 0.15) is 45.2 Å². The molecule has 2 N–H and O–H groups in total. The molecule has 1 aliphatic rings. The van der Waals surface area contributed by atoms with Crippen LogP contribution in [0.4, 0.5) is 5.82 Å². The fourth-order valence-electron chi connectivity index (χ4n) is 2.38. The zero-order chi connectivity index (χ0) is 14.7. The highest BCUT2D eigenvalue weighted by molar-refractivity contribution is 5.91. The highest BCUT2D eigenvalue weighted by Gasteiger charge is 2.26. The number of amides is 2. The first kappa shape index (κ1) is 14.6. The third kappa shape index (κ3) is 3.37. The second-order valence-corrected chi connectivity index (χ2v) is 5.63. The highest BCUT2D eigenvalue weighted by Crippen LogP contribution is 2.20. The first-order chi connectivity index (χ1) is 9.47. The number of rotatable bonds is 3. The molecule has 1 aromatic heterocycles. The standard InChI is InChI=1S/C14H22N4O2/c1-9(2)12-8-13(17-16-12)15-14(20)11-4-6-18(7-5-11)10(3)19/h8-9,11H,4-7H2,1-3H3,(H2,15,16,17,20). The average Bonchev–Trinajstić information content (AvgIpc) is 2.87. The van der Waals surface area contributed by atoms with Gasteiger partial charge in [-0.25, -0.2) is 0 Å². The molecule has 0 bridgehead atoms. The van der Waals surface area contributed by atoms with Gasteiger partial charge in [0.05, 0.1) is 0 Å². The lowest BCUT2D eigenvalue weighted by Gasteiger charge is -2.30. The highest BCUT2D eigenvalue weighted by atomic mass is 16.2. The van der Waals surface area contributed by atoms with Gasteiger partial charge in [-0.1, -0.05) is 13.8 Å². The SMILES string of the molecule is CC(=O)N1CCC(C(=O)Nc2cc(C(C)C)[nH]n2)CC1. The molecule has 0 aliphatic carbocycles. The minimum Gasteiger partial charge on any atom is -0.343 e. The van der Waals surface area contributed by atoms with Crippen molar-refractivity contribution in [3.63, 3.8) is 0 Å². The Kier molecular flexibility index (Phi) is 4.42. The van der Waals surface area contributed by atoms with E-state index in [1.165, 1.54) is 0 Å². The number of piperidine rings is 1. The number of anilines is 1. The molecule has 110 valence electrons. The van der Waals surface area contributed by atoms with Crippen molar-refractivity contribution in [1.29, 1.82) is 0 Å². The maximum absolute atomic E-state index is 12.2. The lowest BCUT2D eigenvalue weighted by molar-refractivity contribution is -0.132. The van der Waals surface area contributed by atoms with E-state index >= 15 is 0 Å². The Bertz CT molecular complexity index is 487. The van der Waals surface area contributed by atoms with E-state index in [1.807, 2.05) is 6.07 Å². The van der Waals surface area contributed by atoms with E-state index in [0.29, 0.717) is 37.7 Å². The molecular weight excluding hydrogens is 256 g/mol. The van der Waals surface area contributed by atoms with E-state index in [4.69, 9.17) is 0 Å². The summed E-state index contributed by atoms with van der Waals surface area (Å²) >= 11 is 0. The van der Waals surface area contributed by atoms with Gasteiger partial charge in [0.15, 0.2) is 5.82 Å². The number of likely N-dealkylation sites (tertiary alicyclic amines) is 1. The molecule has 0 atom stereocenters. The normalized spacial score (nSPS) is 16.5. The van der Waals surface area contributed by atoms with Crippen molar-refractivity contribution in [1.82, 2.24) is 15.1 Å². The van der Waals surface area contributed by atoms with Crippen molar-refractivity contribution in [2.75, 3.05) is 18.4 Å². The van der Waals surface area contributed by atoms with Gasteiger partial charge >= 0.3 is 0 Å². The van der Waals surface area contributed by atoms with Crippen molar-refractivity contribution < 1.29 is 9.59 Å². The van der Waals surface area contributed by atoms with Gasteiger partial charge in [0.25, 0.3) is 0 Å². The summed E-state index contributed by atoms with van der Waals surface area (Å²) in [6.45, 7) is 7.02. The predicted molar refractivity (Wildman–Crippen MR) is 76.3 cm³/mol. The molecule has 0 saturated carbocycles. The maximum atomic E-state index is 12.2. The quantitative estimate of drug-likeness (QED) is 0.884. The monoisotopic (exact) mass is 278 g/mol. The first-order valence-electron chi connectivity index (χ1n) is 7.09. The molecule has 6 heteroatoms. The number of aromatic amines is 1. The minimum atomic E-state index is -0.0372. The summed E-state index contributed by atoms with van der Waals surface area (Å²) in [6.07, 6.45) is 1.43. The molecular formula is C14H22N4O2. The lowest BCUT2D eigenvalue weighted by Crippen LogP contribution is -2.40. The van der Waals surface area contributed by atoms with E-state index in [1.54, 1.807) is 11.8 Å². The molecule has 1 aliphatic heterocycles. The van der Waals surface area contributed by atoms with Crippen LogP contribution in [0.5, 0.6) is 0 Å². The van der Waals surface area contributed by atoms with Crippen molar-refractivity contribution in [2.45, 2.75) is 39.5 Å². The van der Waals surface area contributed by atoms with E-state index in [2.05, 4.69) is 29.4 Å². The van der Waals surface area contributed by atoms with Gasteiger partial charge in [0, 0.05) is 37.7 Å². The number of carbonyl (C=O) groups excluding carboxylic acids is 2. The smallest absolute Gasteiger partial charge is 0.228 e. The number of nitrogens with zero attached hydrogens (tertiary/aromatic N) is 2. The van der Waals surface area contributed by atoms with Gasteiger partial charge in [-0.15, -0.1) is 0 Å². The summed E-state index contributed by atoms with van der Waals surface area (Å²) < 4.78 is 0. The van der Waals surface area contributed by atoms with Crippen molar-refractivity contribution in [3.05, 3.63) is 11.8 Å². The summed E-state index contributed by atoms with van der Waals surface area (Å²) in [5.41, 5.74) is 1.01. The number of aromatic nitrogens is 2. The van der Waals surface area contributed by atoms with Gasteiger partial charge in [0.1, 0.15) is 0 Å². The molecule has 6 nitrogen and oxygen atoms in total. The molecule has 2 heterocycles. The molecule has 0 unspecified atom stereocenters. The lowest BCUT2D eigenvalue weighted by atomic mass is 9.96. The van der Waals surface area contributed by atoms with E-state index in [9.17, 15) is 9.59 Å². The Morgan fingerprint density at radius 3 is 2.55 bits per heavy atom. The van der Waals surface area contributed by atoms with Gasteiger partial charge in [0.2, 0.25) is 11.8 Å². The second kappa shape index (κ2) is 6.07. The van der Waals surface area contributed by atoms with E-state index in [-0.39, 0.29) is 17.7 Å². The Balaban J connectivity index is 1.87. The Labute approximate surface area is 118 Å². The van der Waals surface area contributed by atoms with Gasteiger partial charge in [-0.05, 0) is 18.8 Å². The predicted octanol–water partition coefficient (Wildman–Crippen LogP) is 1.73. The third-order valence-corrected chi connectivity index (χ3v) is 3.78. The largest absolute Gasteiger partial charge is 0.343 e. The molecule has 2 rings (SSSR count). The Hall–Kier alpha value is -1.85. The summed E-state index contributed by atoms with van der Waals surface area (Å²) in [6, 6.07) is 1.87. The van der Waals surface area contributed by atoms with Crippen LogP contribution in [0.2, 0.25) is 0 Å². The van der Waals surface area contributed by atoms with Crippen LogP contribution in [-0.2, 0) is 9.59 Å². The molecule has 2 amide bonds. The molecule has 0 spiro atoms. The van der Waals surface area contributed by atoms with Gasteiger partial charge < -0.3 is 10.2 Å². The van der Waals surface area contributed by atoms with Crippen LogP contribution < -0.4 is 5.32 Å². The van der Waals surface area contributed by atoms with Crippen molar-refractivity contribution in [2.24, 2.45) is 5.92 Å². The van der Waals surface area contributed by atoms with E-state index < -0.39 is 0 Å².